The maximum atomic E-state index is 11.7. The van der Waals surface area contributed by atoms with Gasteiger partial charge in [-0.1, -0.05) is 0 Å². The maximum absolute atomic E-state index is 11.7. The van der Waals surface area contributed by atoms with Crippen LogP contribution < -0.4 is 21.3 Å². The molecule has 0 aliphatic heterocycles. The molecule has 0 saturated heterocycles. The second-order valence-corrected chi connectivity index (χ2v) is 14.1. The first-order valence-electron chi connectivity index (χ1n) is 9.98. The van der Waals surface area contributed by atoms with Gasteiger partial charge in [0.05, 0.1) is 0 Å². The third kappa shape index (κ3) is 13.6. The summed E-state index contributed by atoms with van der Waals surface area (Å²) in [5.41, 5.74) is 0. The summed E-state index contributed by atoms with van der Waals surface area (Å²) in [6.45, 7) is 8.57. The number of amides is 2. The van der Waals surface area contributed by atoms with Crippen molar-refractivity contribution in [2.75, 3.05) is 67.7 Å². The summed E-state index contributed by atoms with van der Waals surface area (Å²) in [4.78, 5) is 11.7. The van der Waals surface area contributed by atoms with Crippen molar-refractivity contribution in [2.45, 2.75) is 38.0 Å². The van der Waals surface area contributed by atoms with Crippen molar-refractivity contribution in [3.8, 4) is 0 Å². The average molecular weight is 439 g/mol. The molecule has 0 radical (unpaired) electrons. The van der Waals surface area contributed by atoms with Crippen molar-refractivity contribution in [1.29, 1.82) is 0 Å². The zero-order valence-electron chi connectivity index (χ0n) is 18.6. The number of urea groups is 1. The van der Waals surface area contributed by atoms with Gasteiger partial charge >= 0.3 is 23.2 Å². The van der Waals surface area contributed by atoms with Gasteiger partial charge in [0.15, 0.2) is 0 Å². The first-order valence-corrected chi connectivity index (χ1v) is 15.0. The summed E-state index contributed by atoms with van der Waals surface area (Å²) < 4.78 is 21.8. The molecule has 0 aliphatic rings. The molecule has 28 heavy (non-hydrogen) atoms. The van der Waals surface area contributed by atoms with Gasteiger partial charge in [-0.2, -0.15) is 0 Å². The zero-order chi connectivity index (χ0) is 21.3. The summed E-state index contributed by atoms with van der Waals surface area (Å²) in [5, 5.41) is 12.3. The van der Waals surface area contributed by atoms with Gasteiger partial charge in [0.1, 0.15) is 0 Å². The molecule has 9 nitrogen and oxygen atoms in total. The SMILES string of the molecule is CO[Si](C)(CCCNCCNC(=O)NCCNCCC[Si](C)(OC)OC)OC. The standard InChI is InChI=1S/C17H42N4O5Si2/c1-23-27(5,24-2)15-7-9-18-11-13-20-17(22)21-14-12-19-10-8-16-28(6,25-3)26-4/h18-19H,7-16H2,1-6H3,(H2,20,21,22). The molecular formula is C17H42N4O5Si2. The van der Waals surface area contributed by atoms with Crippen LogP contribution in [-0.2, 0) is 17.7 Å². The molecule has 0 rings (SSSR count). The molecule has 0 spiro atoms. The first-order chi connectivity index (χ1) is 13.3. The van der Waals surface area contributed by atoms with Crippen LogP contribution in [0.1, 0.15) is 12.8 Å². The van der Waals surface area contributed by atoms with Crippen molar-refractivity contribution >= 4 is 23.2 Å². The van der Waals surface area contributed by atoms with Gasteiger partial charge in [0.2, 0.25) is 0 Å². The topological polar surface area (TPSA) is 102 Å². The van der Waals surface area contributed by atoms with Gasteiger partial charge in [-0.05, 0) is 51.1 Å². The van der Waals surface area contributed by atoms with E-state index in [4.69, 9.17) is 17.7 Å². The maximum Gasteiger partial charge on any atom is 0.334 e. The second-order valence-electron chi connectivity index (χ2n) is 6.97. The van der Waals surface area contributed by atoms with Crippen LogP contribution in [0, 0.1) is 0 Å². The molecule has 168 valence electrons. The van der Waals surface area contributed by atoms with Crippen molar-refractivity contribution in [3.63, 3.8) is 0 Å². The lowest BCUT2D eigenvalue weighted by molar-refractivity contribution is 0.241. The Kier molecular flexibility index (Phi) is 16.0. The quantitative estimate of drug-likeness (QED) is 0.187. The van der Waals surface area contributed by atoms with Crippen LogP contribution in [0.15, 0.2) is 0 Å². The van der Waals surface area contributed by atoms with E-state index < -0.39 is 17.1 Å². The smallest absolute Gasteiger partial charge is 0.334 e. The highest BCUT2D eigenvalue weighted by Crippen LogP contribution is 2.13. The Morgan fingerprint density at radius 1 is 0.643 bits per heavy atom. The van der Waals surface area contributed by atoms with Crippen LogP contribution >= 0.6 is 0 Å². The second kappa shape index (κ2) is 16.3. The van der Waals surface area contributed by atoms with E-state index in [1.807, 2.05) is 0 Å². The summed E-state index contributed by atoms with van der Waals surface area (Å²) in [6, 6.07) is 1.76. The predicted molar refractivity (Wildman–Crippen MR) is 117 cm³/mol. The highest BCUT2D eigenvalue weighted by Gasteiger charge is 2.28. The van der Waals surface area contributed by atoms with Crippen molar-refractivity contribution in [2.24, 2.45) is 0 Å². The molecule has 0 bridgehead atoms. The lowest BCUT2D eigenvalue weighted by atomic mass is 10.4. The Morgan fingerprint density at radius 2 is 1.00 bits per heavy atom. The molecule has 0 heterocycles. The molecule has 0 aromatic carbocycles. The van der Waals surface area contributed by atoms with Crippen LogP contribution in [0.2, 0.25) is 25.2 Å². The van der Waals surface area contributed by atoms with Crippen molar-refractivity contribution < 1.29 is 22.5 Å². The zero-order valence-corrected chi connectivity index (χ0v) is 20.6. The van der Waals surface area contributed by atoms with E-state index in [1.54, 1.807) is 28.4 Å². The Bertz CT molecular complexity index is 366. The fourth-order valence-electron chi connectivity index (χ4n) is 2.49. The van der Waals surface area contributed by atoms with E-state index in [1.165, 1.54) is 0 Å². The molecule has 11 heteroatoms. The summed E-state index contributed by atoms with van der Waals surface area (Å²) >= 11 is 0. The highest BCUT2D eigenvalue weighted by atomic mass is 28.4. The third-order valence-electron chi connectivity index (χ3n) is 4.87. The van der Waals surface area contributed by atoms with E-state index >= 15 is 0 Å². The minimum atomic E-state index is -1.96. The van der Waals surface area contributed by atoms with Crippen molar-refractivity contribution in [1.82, 2.24) is 21.3 Å². The Hall–Kier alpha value is -0.536. The van der Waals surface area contributed by atoms with Crippen LogP contribution in [0.3, 0.4) is 0 Å². The molecule has 0 fully saturated rings. The fourth-order valence-corrected chi connectivity index (χ4v) is 5.27. The first kappa shape index (κ1) is 27.5. The molecule has 4 N–H and O–H groups in total. The van der Waals surface area contributed by atoms with Crippen LogP contribution in [0.4, 0.5) is 4.79 Å². The predicted octanol–water partition coefficient (Wildman–Crippen LogP) is 0.975. The van der Waals surface area contributed by atoms with E-state index in [0.717, 1.165) is 51.1 Å². The van der Waals surface area contributed by atoms with Crippen LogP contribution in [0.25, 0.3) is 0 Å². The lowest BCUT2D eigenvalue weighted by Gasteiger charge is -2.22. The largest absolute Gasteiger partial charge is 0.398 e. The number of nitrogens with one attached hydrogen (secondary N) is 4. The molecule has 0 aromatic heterocycles. The molecule has 2 amide bonds. The summed E-state index contributed by atoms with van der Waals surface area (Å²) in [5.74, 6) is 0. The van der Waals surface area contributed by atoms with Crippen LogP contribution in [0.5, 0.6) is 0 Å². The number of hydrogen-bond acceptors (Lipinski definition) is 7. The molecule has 0 aromatic rings. The van der Waals surface area contributed by atoms with Gasteiger partial charge < -0.3 is 39.0 Å². The lowest BCUT2D eigenvalue weighted by Crippen LogP contribution is -2.42. The van der Waals surface area contributed by atoms with Gasteiger partial charge in [0.25, 0.3) is 0 Å². The normalized spacial score (nSPS) is 12.2. The minimum absolute atomic E-state index is 0.138. The number of hydrogen-bond donors (Lipinski definition) is 4. The summed E-state index contributed by atoms with van der Waals surface area (Å²) in [6.07, 6.45) is 2.00. The molecule has 0 aliphatic carbocycles. The monoisotopic (exact) mass is 438 g/mol. The molecular weight excluding hydrogens is 396 g/mol. The van der Waals surface area contributed by atoms with Gasteiger partial charge in [-0.3, -0.25) is 0 Å². The Labute approximate surface area is 173 Å². The fraction of sp³-hybridized carbons (Fsp3) is 0.941. The molecule has 0 atom stereocenters. The average Bonchev–Trinajstić information content (AvgIpc) is 2.71. The van der Waals surface area contributed by atoms with Crippen LogP contribution in [-0.4, -0.2) is 90.9 Å². The number of carbonyl (C=O) groups excluding carboxylic acids is 1. The van der Waals surface area contributed by atoms with Crippen molar-refractivity contribution in [3.05, 3.63) is 0 Å². The third-order valence-corrected chi connectivity index (χ3v) is 10.8. The van der Waals surface area contributed by atoms with E-state index in [2.05, 4.69) is 34.4 Å². The van der Waals surface area contributed by atoms with E-state index in [9.17, 15) is 4.79 Å². The Balaban J connectivity index is 3.47. The highest BCUT2D eigenvalue weighted by molar-refractivity contribution is 6.66. The summed E-state index contributed by atoms with van der Waals surface area (Å²) in [7, 11) is 2.92. The minimum Gasteiger partial charge on any atom is -0.398 e. The molecule has 0 saturated carbocycles. The number of carbonyl (C=O) groups is 1. The number of rotatable bonds is 18. The van der Waals surface area contributed by atoms with Gasteiger partial charge in [0, 0.05) is 54.6 Å². The van der Waals surface area contributed by atoms with E-state index in [-0.39, 0.29) is 6.03 Å². The van der Waals surface area contributed by atoms with E-state index in [0.29, 0.717) is 13.1 Å². The van der Waals surface area contributed by atoms with Gasteiger partial charge in [-0.25, -0.2) is 4.79 Å². The van der Waals surface area contributed by atoms with Gasteiger partial charge in [-0.15, -0.1) is 0 Å². The molecule has 0 unspecified atom stereocenters. The Morgan fingerprint density at radius 3 is 1.32 bits per heavy atom.